The molecule has 0 radical (unpaired) electrons. The predicted molar refractivity (Wildman–Crippen MR) is 87.6 cm³/mol. The normalized spacial score (nSPS) is 46.7. The molecule has 4 saturated carbocycles. The standard InChI is InChI=1S/C19H32N2O/c1-14-4-2-3-5-21(14)12-18(22)20-13-19-9-15-6-16(10-19)8-17(7-15)11-19/h14-17H,2-13H2,1H3,(H,20,22)/p+1/t14-,15?,16?,17?,19?/m0/s1. The Morgan fingerprint density at radius 1 is 1.09 bits per heavy atom. The lowest BCUT2D eigenvalue weighted by Crippen LogP contribution is -3.17. The fourth-order valence-electron chi connectivity index (χ4n) is 6.58. The molecule has 1 heterocycles. The van der Waals surface area contributed by atoms with Crippen LogP contribution in [0.1, 0.15) is 64.7 Å². The highest BCUT2D eigenvalue weighted by atomic mass is 16.2. The van der Waals surface area contributed by atoms with E-state index in [1.54, 1.807) is 0 Å². The molecule has 5 rings (SSSR count). The third-order valence-corrected chi connectivity index (χ3v) is 7.30. The first kappa shape index (κ1) is 15.0. The quantitative estimate of drug-likeness (QED) is 0.815. The van der Waals surface area contributed by atoms with E-state index in [1.807, 2.05) is 0 Å². The van der Waals surface area contributed by atoms with Gasteiger partial charge in [-0.05, 0) is 87.9 Å². The van der Waals surface area contributed by atoms with Crippen molar-refractivity contribution in [3.05, 3.63) is 0 Å². The van der Waals surface area contributed by atoms with Gasteiger partial charge in [-0.1, -0.05) is 0 Å². The van der Waals surface area contributed by atoms with Gasteiger partial charge in [0.1, 0.15) is 0 Å². The Balaban J connectivity index is 1.30. The number of hydrogen-bond donors (Lipinski definition) is 2. The maximum atomic E-state index is 12.4. The largest absolute Gasteiger partial charge is 0.351 e. The van der Waals surface area contributed by atoms with Crippen LogP contribution in [0.3, 0.4) is 0 Å². The first-order valence-corrected chi connectivity index (χ1v) is 9.73. The zero-order valence-corrected chi connectivity index (χ0v) is 14.2. The average Bonchev–Trinajstić information content (AvgIpc) is 2.46. The van der Waals surface area contributed by atoms with Crippen molar-refractivity contribution >= 4 is 5.91 Å². The molecule has 3 heteroatoms. The van der Waals surface area contributed by atoms with Crippen molar-refractivity contribution in [2.45, 2.75) is 70.8 Å². The van der Waals surface area contributed by atoms with E-state index in [0.717, 1.165) is 24.3 Å². The number of hydrogen-bond acceptors (Lipinski definition) is 1. The Hall–Kier alpha value is -0.570. The molecule has 124 valence electrons. The molecule has 1 saturated heterocycles. The van der Waals surface area contributed by atoms with Crippen LogP contribution < -0.4 is 10.2 Å². The van der Waals surface area contributed by atoms with Crippen molar-refractivity contribution in [2.75, 3.05) is 19.6 Å². The Labute approximate surface area is 135 Å². The van der Waals surface area contributed by atoms with Gasteiger partial charge >= 0.3 is 0 Å². The van der Waals surface area contributed by atoms with Gasteiger partial charge in [-0.25, -0.2) is 0 Å². The molecular formula is C19H33N2O+. The van der Waals surface area contributed by atoms with Crippen LogP contribution in [0.5, 0.6) is 0 Å². The van der Waals surface area contributed by atoms with Crippen LogP contribution in [0.4, 0.5) is 0 Å². The summed E-state index contributed by atoms with van der Waals surface area (Å²) >= 11 is 0. The van der Waals surface area contributed by atoms with Crippen molar-refractivity contribution in [1.29, 1.82) is 0 Å². The molecule has 22 heavy (non-hydrogen) atoms. The number of amides is 1. The third kappa shape index (κ3) is 2.93. The molecule has 1 unspecified atom stereocenters. The van der Waals surface area contributed by atoms with Crippen LogP contribution in [0, 0.1) is 23.2 Å². The summed E-state index contributed by atoms with van der Waals surface area (Å²) in [5.41, 5.74) is 0.479. The van der Waals surface area contributed by atoms with Crippen LogP contribution in [-0.4, -0.2) is 31.6 Å². The molecule has 2 atom stereocenters. The summed E-state index contributed by atoms with van der Waals surface area (Å²) in [4.78, 5) is 13.9. The molecule has 4 bridgehead atoms. The minimum atomic E-state index is 0.305. The second-order valence-corrected chi connectivity index (χ2v) is 9.18. The van der Waals surface area contributed by atoms with Crippen LogP contribution in [0.25, 0.3) is 0 Å². The first-order valence-electron chi connectivity index (χ1n) is 9.73. The maximum absolute atomic E-state index is 12.4. The molecule has 0 spiro atoms. The molecule has 1 amide bonds. The molecule has 0 aromatic rings. The molecule has 0 aromatic carbocycles. The third-order valence-electron chi connectivity index (χ3n) is 7.30. The minimum Gasteiger partial charge on any atom is -0.351 e. The zero-order valence-electron chi connectivity index (χ0n) is 14.2. The number of nitrogens with one attached hydrogen (secondary N) is 2. The van der Waals surface area contributed by atoms with E-state index in [1.165, 1.54) is 69.2 Å². The van der Waals surface area contributed by atoms with E-state index in [2.05, 4.69) is 12.2 Å². The van der Waals surface area contributed by atoms with Crippen molar-refractivity contribution in [3.63, 3.8) is 0 Å². The van der Waals surface area contributed by atoms with Gasteiger partial charge < -0.3 is 10.2 Å². The number of piperidine rings is 1. The van der Waals surface area contributed by atoms with Gasteiger partial charge in [-0.2, -0.15) is 0 Å². The van der Waals surface area contributed by atoms with Crippen LogP contribution in [-0.2, 0) is 4.79 Å². The summed E-state index contributed by atoms with van der Waals surface area (Å²) in [6, 6.07) is 0.666. The van der Waals surface area contributed by atoms with E-state index in [9.17, 15) is 4.79 Å². The van der Waals surface area contributed by atoms with Gasteiger partial charge in [0.25, 0.3) is 5.91 Å². The number of quaternary nitrogens is 1. The Kier molecular flexibility index (Phi) is 3.96. The molecule has 0 aromatic heterocycles. The summed E-state index contributed by atoms with van der Waals surface area (Å²) in [5.74, 6) is 3.25. The summed E-state index contributed by atoms with van der Waals surface area (Å²) in [7, 11) is 0. The van der Waals surface area contributed by atoms with Crippen molar-refractivity contribution in [3.8, 4) is 0 Å². The Morgan fingerprint density at radius 3 is 2.32 bits per heavy atom. The summed E-state index contributed by atoms with van der Waals surface area (Å²) in [6.07, 6.45) is 12.6. The SMILES string of the molecule is C[C@H]1CCCC[NH+]1CC(=O)NCC12CC3CC(CC(C3)C1)C2. The highest BCUT2D eigenvalue weighted by molar-refractivity contribution is 5.76. The lowest BCUT2D eigenvalue weighted by Gasteiger charge is -2.56. The van der Waals surface area contributed by atoms with Crippen molar-refractivity contribution in [2.24, 2.45) is 23.2 Å². The summed E-state index contributed by atoms with van der Waals surface area (Å²) in [6.45, 7) is 5.16. The monoisotopic (exact) mass is 305 g/mol. The van der Waals surface area contributed by atoms with E-state index in [4.69, 9.17) is 0 Å². The number of likely N-dealkylation sites (tertiary alicyclic amines) is 1. The van der Waals surface area contributed by atoms with E-state index in [-0.39, 0.29) is 0 Å². The van der Waals surface area contributed by atoms with Gasteiger partial charge in [-0.15, -0.1) is 0 Å². The van der Waals surface area contributed by atoms with Crippen LogP contribution >= 0.6 is 0 Å². The van der Waals surface area contributed by atoms with E-state index < -0.39 is 0 Å². The fraction of sp³-hybridized carbons (Fsp3) is 0.947. The smallest absolute Gasteiger partial charge is 0.275 e. The Bertz CT molecular complexity index is 398. The van der Waals surface area contributed by atoms with Crippen molar-refractivity contribution in [1.82, 2.24) is 5.32 Å². The predicted octanol–water partition coefficient (Wildman–Crippen LogP) is 1.78. The fourth-order valence-corrected chi connectivity index (χ4v) is 6.58. The molecule has 5 fully saturated rings. The zero-order chi connectivity index (χ0) is 15.2. The van der Waals surface area contributed by atoms with Crippen LogP contribution in [0.2, 0.25) is 0 Å². The second-order valence-electron chi connectivity index (χ2n) is 9.18. The van der Waals surface area contributed by atoms with Crippen molar-refractivity contribution < 1.29 is 9.69 Å². The molecule has 5 aliphatic rings. The Morgan fingerprint density at radius 2 is 1.73 bits per heavy atom. The molecule has 1 aliphatic heterocycles. The maximum Gasteiger partial charge on any atom is 0.275 e. The van der Waals surface area contributed by atoms with Crippen LogP contribution in [0.15, 0.2) is 0 Å². The highest BCUT2D eigenvalue weighted by Crippen LogP contribution is 2.59. The molecule has 3 nitrogen and oxygen atoms in total. The van der Waals surface area contributed by atoms with Gasteiger partial charge in [0.15, 0.2) is 6.54 Å². The highest BCUT2D eigenvalue weighted by Gasteiger charge is 2.50. The second kappa shape index (κ2) is 5.81. The first-order chi connectivity index (χ1) is 10.6. The lowest BCUT2D eigenvalue weighted by molar-refractivity contribution is -0.921. The van der Waals surface area contributed by atoms with Gasteiger partial charge in [0.2, 0.25) is 0 Å². The summed E-state index contributed by atoms with van der Waals surface area (Å²) in [5, 5.41) is 3.35. The number of carbonyl (C=O) groups is 1. The molecule has 4 aliphatic carbocycles. The van der Waals surface area contributed by atoms with E-state index in [0.29, 0.717) is 23.9 Å². The van der Waals surface area contributed by atoms with Gasteiger partial charge in [-0.3, -0.25) is 4.79 Å². The van der Waals surface area contributed by atoms with E-state index >= 15 is 0 Å². The average molecular weight is 305 g/mol. The topological polar surface area (TPSA) is 33.5 Å². The lowest BCUT2D eigenvalue weighted by atomic mass is 9.49. The van der Waals surface area contributed by atoms with Gasteiger partial charge in [0.05, 0.1) is 12.6 Å². The molecular weight excluding hydrogens is 272 g/mol. The minimum absolute atomic E-state index is 0.305. The number of rotatable bonds is 4. The number of carbonyl (C=O) groups excluding carboxylic acids is 1. The molecule has 2 N–H and O–H groups in total. The van der Waals surface area contributed by atoms with Gasteiger partial charge in [0, 0.05) is 6.54 Å². The summed E-state index contributed by atoms with van der Waals surface area (Å²) < 4.78 is 0.